The molecule has 4 atom stereocenters. The van der Waals surface area contributed by atoms with Gasteiger partial charge < -0.3 is 24.8 Å². The second kappa shape index (κ2) is 22.5. The number of aliphatic hydroxyl groups is 3. The summed E-state index contributed by atoms with van der Waals surface area (Å²) in [4.78, 5) is 12.1. The van der Waals surface area contributed by atoms with Gasteiger partial charge in [-0.05, 0) is 6.42 Å². The first-order valence-electron chi connectivity index (χ1n) is 14.9. The van der Waals surface area contributed by atoms with Gasteiger partial charge in [-0.3, -0.25) is 4.79 Å². The number of hydrogen-bond donors (Lipinski definition) is 3. The van der Waals surface area contributed by atoms with Crippen molar-refractivity contribution in [1.82, 2.24) is 0 Å². The Morgan fingerprint density at radius 2 is 1.17 bits per heavy atom. The van der Waals surface area contributed by atoms with Gasteiger partial charge in [0.1, 0.15) is 18.3 Å². The zero-order valence-electron chi connectivity index (χ0n) is 22.6. The van der Waals surface area contributed by atoms with Crippen LogP contribution in [-0.2, 0) is 14.3 Å². The fourth-order valence-corrected chi connectivity index (χ4v) is 4.93. The lowest BCUT2D eigenvalue weighted by molar-refractivity contribution is -0.160. The van der Waals surface area contributed by atoms with E-state index in [1.54, 1.807) is 0 Å². The molecule has 0 amide bonds. The van der Waals surface area contributed by atoms with Crippen LogP contribution in [0.4, 0.5) is 0 Å². The van der Waals surface area contributed by atoms with Crippen molar-refractivity contribution in [1.29, 1.82) is 0 Å². The molecule has 1 saturated heterocycles. The Labute approximate surface area is 215 Å². The van der Waals surface area contributed by atoms with Crippen molar-refractivity contribution in [2.45, 2.75) is 166 Å². The van der Waals surface area contributed by atoms with Crippen molar-refractivity contribution in [3.8, 4) is 0 Å². The fraction of sp³-hybridized carbons (Fsp3) is 0.966. The van der Waals surface area contributed by atoms with E-state index in [0.717, 1.165) is 19.3 Å². The van der Waals surface area contributed by atoms with Gasteiger partial charge in [0.2, 0.25) is 0 Å². The van der Waals surface area contributed by atoms with Crippen LogP contribution in [0.25, 0.3) is 0 Å². The molecule has 0 aliphatic carbocycles. The molecule has 208 valence electrons. The SMILES string of the molecule is CCCCCCCCCCCCCCCCCCCCCCC(=O)O[C@H]1[C@@H]([C@H](O)CO)OC[C@H]1O. The van der Waals surface area contributed by atoms with Crippen molar-refractivity contribution in [2.24, 2.45) is 0 Å². The molecule has 0 aromatic rings. The average molecular weight is 501 g/mol. The Balaban J connectivity index is 1.82. The molecule has 0 aromatic carbocycles. The van der Waals surface area contributed by atoms with E-state index in [-0.39, 0.29) is 12.6 Å². The summed E-state index contributed by atoms with van der Waals surface area (Å²) in [5.41, 5.74) is 0. The largest absolute Gasteiger partial charge is 0.457 e. The van der Waals surface area contributed by atoms with Gasteiger partial charge in [0.15, 0.2) is 6.10 Å². The highest BCUT2D eigenvalue weighted by Gasteiger charge is 2.42. The Morgan fingerprint density at radius 1 is 0.771 bits per heavy atom. The number of hydrogen-bond acceptors (Lipinski definition) is 6. The van der Waals surface area contributed by atoms with E-state index in [1.165, 1.54) is 109 Å². The molecule has 35 heavy (non-hydrogen) atoms. The Kier molecular flexibility index (Phi) is 20.8. The molecular weight excluding hydrogens is 444 g/mol. The maximum atomic E-state index is 12.1. The van der Waals surface area contributed by atoms with Gasteiger partial charge in [-0.15, -0.1) is 0 Å². The molecule has 1 aliphatic rings. The predicted octanol–water partition coefficient (Wildman–Crippen LogP) is 6.22. The minimum Gasteiger partial charge on any atom is -0.457 e. The highest BCUT2D eigenvalue weighted by atomic mass is 16.6. The lowest BCUT2D eigenvalue weighted by Gasteiger charge is -2.23. The smallest absolute Gasteiger partial charge is 0.306 e. The monoisotopic (exact) mass is 500 g/mol. The molecular formula is C29H56O6. The molecule has 6 nitrogen and oxygen atoms in total. The molecule has 1 fully saturated rings. The van der Waals surface area contributed by atoms with Gasteiger partial charge in [0, 0.05) is 6.42 Å². The Bertz CT molecular complexity index is 486. The second-order valence-electron chi connectivity index (χ2n) is 10.5. The number of unbranched alkanes of at least 4 members (excludes halogenated alkanes) is 19. The van der Waals surface area contributed by atoms with Crippen LogP contribution < -0.4 is 0 Å². The number of carbonyl (C=O) groups is 1. The number of ether oxygens (including phenoxy) is 2. The number of esters is 1. The minimum absolute atomic E-state index is 0.00101. The van der Waals surface area contributed by atoms with E-state index < -0.39 is 31.0 Å². The predicted molar refractivity (Wildman–Crippen MR) is 141 cm³/mol. The third-order valence-corrected chi connectivity index (χ3v) is 7.23. The van der Waals surface area contributed by atoms with Gasteiger partial charge >= 0.3 is 5.97 Å². The van der Waals surface area contributed by atoms with Crippen molar-refractivity contribution in [2.75, 3.05) is 13.2 Å². The van der Waals surface area contributed by atoms with Crippen LogP contribution in [0.2, 0.25) is 0 Å². The highest BCUT2D eigenvalue weighted by molar-refractivity contribution is 5.69. The van der Waals surface area contributed by atoms with Crippen LogP contribution in [0.15, 0.2) is 0 Å². The molecule has 0 unspecified atom stereocenters. The fourth-order valence-electron chi connectivity index (χ4n) is 4.93. The van der Waals surface area contributed by atoms with Gasteiger partial charge in [-0.1, -0.05) is 129 Å². The zero-order chi connectivity index (χ0) is 25.6. The van der Waals surface area contributed by atoms with Gasteiger partial charge in [-0.2, -0.15) is 0 Å². The quantitative estimate of drug-likeness (QED) is 0.107. The van der Waals surface area contributed by atoms with Gasteiger partial charge in [-0.25, -0.2) is 0 Å². The number of rotatable bonds is 24. The first-order chi connectivity index (χ1) is 17.1. The summed E-state index contributed by atoms with van der Waals surface area (Å²) in [5, 5.41) is 28.7. The van der Waals surface area contributed by atoms with Crippen LogP contribution >= 0.6 is 0 Å². The molecule has 1 aliphatic heterocycles. The lowest BCUT2D eigenvalue weighted by Crippen LogP contribution is -2.43. The first-order valence-corrected chi connectivity index (χ1v) is 14.9. The summed E-state index contributed by atoms with van der Waals surface area (Å²) in [7, 11) is 0. The van der Waals surface area contributed by atoms with Crippen molar-refractivity contribution >= 4 is 5.97 Å². The molecule has 0 spiro atoms. The normalized spacial score (nSPS) is 20.9. The molecule has 3 N–H and O–H groups in total. The lowest BCUT2D eigenvalue weighted by atomic mass is 10.0. The summed E-state index contributed by atoms with van der Waals surface area (Å²) in [6.45, 7) is 1.78. The van der Waals surface area contributed by atoms with E-state index in [9.17, 15) is 15.0 Å². The van der Waals surface area contributed by atoms with Crippen LogP contribution in [0.1, 0.15) is 142 Å². The molecule has 0 bridgehead atoms. The third-order valence-electron chi connectivity index (χ3n) is 7.23. The van der Waals surface area contributed by atoms with Crippen LogP contribution in [-0.4, -0.2) is 58.9 Å². The number of carbonyl (C=O) groups excluding carboxylic acids is 1. The zero-order valence-corrected chi connectivity index (χ0v) is 22.6. The highest BCUT2D eigenvalue weighted by Crippen LogP contribution is 2.22. The van der Waals surface area contributed by atoms with Crippen LogP contribution in [0.5, 0.6) is 0 Å². The topological polar surface area (TPSA) is 96.2 Å². The van der Waals surface area contributed by atoms with E-state index in [4.69, 9.17) is 14.6 Å². The minimum atomic E-state index is -1.16. The van der Waals surface area contributed by atoms with Crippen LogP contribution in [0.3, 0.4) is 0 Å². The van der Waals surface area contributed by atoms with Gasteiger partial charge in [0.05, 0.1) is 13.2 Å². The molecule has 0 radical (unpaired) electrons. The Hall–Kier alpha value is -0.690. The number of aliphatic hydroxyl groups excluding tert-OH is 3. The maximum Gasteiger partial charge on any atom is 0.306 e. The summed E-state index contributed by atoms with van der Waals surface area (Å²) in [5.74, 6) is -0.378. The molecule has 0 saturated carbocycles. The van der Waals surface area contributed by atoms with Crippen molar-refractivity contribution < 1.29 is 29.6 Å². The summed E-state index contributed by atoms with van der Waals surface area (Å²) >= 11 is 0. The molecule has 1 heterocycles. The van der Waals surface area contributed by atoms with E-state index in [1.807, 2.05) is 0 Å². The van der Waals surface area contributed by atoms with E-state index >= 15 is 0 Å². The van der Waals surface area contributed by atoms with E-state index in [0.29, 0.717) is 6.42 Å². The molecule has 6 heteroatoms. The summed E-state index contributed by atoms with van der Waals surface area (Å²) in [6, 6.07) is 0. The van der Waals surface area contributed by atoms with Crippen molar-refractivity contribution in [3.63, 3.8) is 0 Å². The second-order valence-corrected chi connectivity index (χ2v) is 10.5. The summed E-state index contributed by atoms with van der Waals surface area (Å²) < 4.78 is 10.6. The van der Waals surface area contributed by atoms with Crippen LogP contribution in [0, 0.1) is 0 Å². The standard InChI is InChI=1S/C29H56O6/c1-2-3-4-5-6-7-8-9-10-11-12-13-14-15-16-17-18-19-20-21-22-27(33)35-29-26(32)24-34-28(29)25(31)23-30/h25-26,28-32H,2-24H2,1H3/t25-,26-,28-,29-/m1/s1. The molecule has 1 rings (SSSR count). The van der Waals surface area contributed by atoms with Crippen molar-refractivity contribution in [3.05, 3.63) is 0 Å². The molecule has 0 aromatic heterocycles. The average Bonchev–Trinajstić information content (AvgIpc) is 3.22. The Morgan fingerprint density at radius 3 is 1.57 bits per heavy atom. The first kappa shape index (κ1) is 32.3. The summed E-state index contributed by atoms with van der Waals surface area (Å²) in [6.07, 6.45) is 22.8. The third kappa shape index (κ3) is 16.6. The maximum absolute atomic E-state index is 12.1. The van der Waals surface area contributed by atoms with Gasteiger partial charge in [0.25, 0.3) is 0 Å². The van der Waals surface area contributed by atoms with E-state index in [2.05, 4.69) is 6.92 Å².